The number of alkyl carbamates (subject to hydrolysis) is 1. The van der Waals surface area contributed by atoms with Crippen LogP contribution in [0.5, 0.6) is 0 Å². The zero-order valence-electron chi connectivity index (χ0n) is 7.13. The first-order valence-corrected chi connectivity index (χ1v) is 3.77. The molecule has 0 saturated carbocycles. The fraction of sp³-hybridized carbons (Fsp3) is 0.714. The summed E-state index contributed by atoms with van der Waals surface area (Å²) >= 11 is 0. The van der Waals surface area contributed by atoms with Gasteiger partial charge in [-0.05, 0) is 12.8 Å². The van der Waals surface area contributed by atoms with Gasteiger partial charge in [-0.15, -0.1) is 0 Å². The first-order chi connectivity index (χ1) is 5.66. The van der Waals surface area contributed by atoms with Gasteiger partial charge >= 0.3 is 6.09 Å². The topological polar surface area (TPSA) is 81.4 Å². The fourth-order valence-electron chi connectivity index (χ4n) is 0.687. The molecule has 0 spiro atoms. The van der Waals surface area contributed by atoms with E-state index in [4.69, 9.17) is 5.73 Å². The van der Waals surface area contributed by atoms with Crippen LogP contribution in [0.1, 0.15) is 19.3 Å². The Balaban J connectivity index is 3.11. The van der Waals surface area contributed by atoms with Crippen LogP contribution >= 0.6 is 0 Å². The van der Waals surface area contributed by atoms with E-state index in [0.29, 0.717) is 19.4 Å². The van der Waals surface area contributed by atoms with Crippen molar-refractivity contribution in [3.05, 3.63) is 0 Å². The Morgan fingerprint density at radius 2 is 2.08 bits per heavy atom. The zero-order chi connectivity index (χ0) is 9.40. The summed E-state index contributed by atoms with van der Waals surface area (Å²) in [6.07, 6.45) is 1.34. The third-order valence-corrected chi connectivity index (χ3v) is 1.30. The zero-order valence-corrected chi connectivity index (χ0v) is 7.13. The average molecular weight is 174 g/mol. The highest BCUT2D eigenvalue weighted by Gasteiger charge is 1.97. The van der Waals surface area contributed by atoms with E-state index in [2.05, 4.69) is 10.1 Å². The lowest BCUT2D eigenvalue weighted by molar-refractivity contribution is -0.118. The van der Waals surface area contributed by atoms with E-state index in [1.807, 2.05) is 0 Å². The van der Waals surface area contributed by atoms with Crippen molar-refractivity contribution in [3.8, 4) is 0 Å². The third kappa shape index (κ3) is 6.85. The molecule has 70 valence electrons. The van der Waals surface area contributed by atoms with Crippen molar-refractivity contribution < 1.29 is 14.3 Å². The number of hydrogen-bond donors (Lipinski definition) is 2. The summed E-state index contributed by atoms with van der Waals surface area (Å²) in [6.45, 7) is 0.514. The summed E-state index contributed by atoms with van der Waals surface area (Å²) in [6, 6.07) is 0. The fourth-order valence-corrected chi connectivity index (χ4v) is 0.687. The molecule has 0 rings (SSSR count). The van der Waals surface area contributed by atoms with Crippen molar-refractivity contribution in [1.29, 1.82) is 0 Å². The summed E-state index contributed by atoms with van der Waals surface area (Å²) in [4.78, 5) is 20.7. The van der Waals surface area contributed by atoms with Crippen LogP contribution in [-0.4, -0.2) is 25.7 Å². The Labute approximate surface area is 71.3 Å². The molecule has 3 N–H and O–H groups in total. The van der Waals surface area contributed by atoms with Gasteiger partial charge in [0.2, 0.25) is 5.91 Å². The Bertz CT molecular complexity index is 159. The van der Waals surface area contributed by atoms with Crippen LogP contribution in [0.2, 0.25) is 0 Å². The molecule has 12 heavy (non-hydrogen) atoms. The molecular formula is C7H14N2O3. The number of amides is 2. The summed E-state index contributed by atoms with van der Waals surface area (Å²) in [7, 11) is 1.30. The van der Waals surface area contributed by atoms with Crippen LogP contribution in [0.4, 0.5) is 4.79 Å². The summed E-state index contributed by atoms with van der Waals surface area (Å²) in [5, 5.41) is 2.49. The molecule has 0 bridgehead atoms. The van der Waals surface area contributed by atoms with Crippen molar-refractivity contribution in [2.75, 3.05) is 13.7 Å². The lowest BCUT2D eigenvalue weighted by atomic mass is 10.2. The molecule has 0 aliphatic carbocycles. The van der Waals surface area contributed by atoms with Gasteiger partial charge in [-0.25, -0.2) is 4.79 Å². The highest BCUT2D eigenvalue weighted by molar-refractivity contribution is 5.73. The van der Waals surface area contributed by atoms with Crippen LogP contribution in [0.15, 0.2) is 0 Å². The number of nitrogens with one attached hydrogen (secondary N) is 1. The Morgan fingerprint density at radius 3 is 2.58 bits per heavy atom. The maximum absolute atomic E-state index is 10.5. The second-order valence-electron chi connectivity index (χ2n) is 2.34. The Morgan fingerprint density at radius 1 is 1.42 bits per heavy atom. The van der Waals surface area contributed by atoms with Crippen LogP contribution in [0.3, 0.4) is 0 Å². The van der Waals surface area contributed by atoms with E-state index in [1.165, 1.54) is 7.11 Å². The normalized spacial score (nSPS) is 9.08. The molecule has 0 heterocycles. The van der Waals surface area contributed by atoms with E-state index < -0.39 is 6.09 Å². The molecule has 2 amide bonds. The number of carbonyl (C=O) groups is 2. The van der Waals surface area contributed by atoms with Crippen molar-refractivity contribution in [2.45, 2.75) is 19.3 Å². The number of primary amides is 1. The molecule has 0 radical (unpaired) electrons. The minimum Gasteiger partial charge on any atom is -0.453 e. The molecule has 5 heteroatoms. The second-order valence-corrected chi connectivity index (χ2v) is 2.34. The average Bonchev–Trinajstić information content (AvgIpc) is 2.03. The smallest absolute Gasteiger partial charge is 0.406 e. The maximum atomic E-state index is 10.5. The molecule has 5 nitrogen and oxygen atoms in total. The summed E-state index contributed by atoms with van der Waals surface area (Å²) in [5.74, 6) is -0.312. The predicted molar refractivity (Wildman–Crippen MR) is 43.5 cm³/mol. The van der Waals surface area contributed by atoms with E-state index in [9.17, 15) is 9.59 Å². The van der Waals surface area contributed by atoms with Gasteiger partial charge in [-0.2, -0.15) is 0 Å². The summed E-state index contributed by atoms with van der Waals surface area (Å²) < 4.78 is 4.34. The lowest BCUT2D eigenvalue weighted by Crippen LogP contribution is -2.24. The highest BCUT2D eigenvalue weighted by Crippen LogP contribution is 1.92. The standard InChI is InChI=1S/C7H14N2O3/c1-12-7(11)9-5-3-2-4-6(8)10/h2-5H2,1H3,(H2,8,10)(H,9,11). The molecule has 0 atom stereocenters. The van der Waals surface area contributed by atoms with E-state index in [0.717, 1.165) is 6.42 Å². The third-order valence-electron chi connectivity index (χ3n) is 1.30. The number of nitrogens with two attached hydrogens (primary N) is 1. The molecule has 0 aliphatic heterocycles. The number of rotatable bonds is 5. The van der Waals surface area contributed by atoms with E-state index in [1.54, 1.807) is 0 Å². The number of carbonyl (C=O) groups excluding carboxylic acids is 2. The molecule has 0 saturated heterocycles. The second kappa shape index (κ2) is 6.45. The summed E-state index contributed by atoms with van der Waals surface area (Å²) in [5.41, 5.74) is 4.91. The van der Waals surface area contributed by atoms with Crippen LogP contribution in [0, 0.1) is 0 Å². The van der Waals surface area contributed by atoms with Crippen LogP contribution in [-0.2, 0) is 9.53 Å². The van der Waals surface area contributed by atoms with Gasteiger partial charge in [0, 0.05) is 13.0 Å². The first kappa shape index (κ1) is 10.7. The number of ether oxygens (including phenoxy) is 1. The molecule has 0 aromatic heterocycles. The number of hydrogen-bond acceptors (Lipinski definition) is 3. The SMILES string of the molecule is COC(=O)NCCCCC(N)=O. The minimum absolute atomic E-state index is 0.312. The number of methoxy groups -OCH3 is 1. The quantitative estimate of drug-likeness (QED) is 0.575. The molecule has 0 aromatic rings. The minimum atomic E-state index is -0.450. The Hall–Kier alpha value is -1.26. The van der Waals surface area contributed by atoms with Crippen molar-refractivity contribution in [3.63, 3.8) is 0 Å². The van der Waals surface area contributed by atoms with Crippen molar-refractivity contribution in [1.82, 2.24) is 5.32 Å². The van der Waals surface area contributed by atoms with Crippen molar-refractivity contribution >= 4 is 12.0 Å². The number of unbranched alkanes of at least 4 members (excludes halogenated alkanes) is 1. The van der Waals surface area contributed by atoms with Crippen LogP contribution in [0.25, 0.3) is 0 Å². The predicted octanol–water partition coefficient (Wildman–Crippen LogP) is -0.00200. The first-order valence-electron chi connectivity index (χ1n) is 3.77. The van der Waals surface area contributed by atoms with E-state index >= 15 is 0 Å². The molecule has 0 aliphatic rings. The Kier molecular flexibility index (Phi) is 5.77. The van der Waals surface area contributed by atoms with Gasteiger partial charge in [0.1, 0.15) is 0 Å². The van der Waals surface area contributed by atoms with Gasteiger partial charge in [-0.3, -0.25) is 4.79 Å². The molecular weight excluding hydrogens is 160 g/mol. The van der Waals surface area contributed by atoms with Gasteiger partial charge in [-0.1, -0.05) is 0 Å². The molecule has 0 unspecified atom stereocenters. The van der Waals surface area contributed by atoms with Gasteiger partial charge < -0.3 is 15.8 Å². The van der Waals surface area contributed by atoms with Gasteiger partial charge in [0.05, 0.1) is 7.11 Å². The maximum Gasteiger partial charge on any atom is 0.406 e. The van der Waals surface area contributed by atoms with Crippen LogP contribution < -0.4 is 11.1 Å². The van der Waals surface area contributed by atoms with Gasteiger partial charge in [0.15, 0.2) is 0 Å². The largest absolute Gasteiger partial charge is 0.453 e. The molecule has 0 aromatic carbocycles. The lowest BCUT2D eigenvalue weighted by Gasteiger charge is -2.01. The monoisotopic (exact) mass is 174 g/mol. The van der Waals surface area contributed by atoms with Gasteiger partial charge in [0.25, 0.3) is 0 Å². The molecule has 0 fully saturated rings. The highest BCUT2D eigenvalue weighted by atomic mass is 16.5. The van der Waals surface area contributed by atoms with E-state index in [-0.39, 0.29) is 5.91 Å². The van der Waals surface area contributed by atoms with Crippen molar-refractivity contribution in [2.24, 2.45) is 5.73 Å².